The first-order valence-corrected chi connectivity index (χ1v) is 12.3. The van der Waals surface area contributed by atoms with Crippen LogP contribution < -0.4 is 15.9 Å². The Morgan fingerprint density at radius 1 is 0.733 bits per heavy atom. The highest BCUT2D eigenvalue weighted by atomic mass is 31.2. The average Bonchev–Trinajstić information content (AvgIpc) is 2.78. The molecule has 0 spiro atoms. The van der Waals surface area contributed by atoms with Crippen LogP contribution in [0.1, 0.15) is 34.1 Å². The van der Waals surface area contributed by atoms with E-state index in [1.165, 1.54) is 21.5 Å². The maximum atomic E-state index is 13.8. The first kappa shape index (κ1) is 22.1. The molecule has 154 valence electrons. The number of benzene rings is 3. The Hall–Kier alpha value is -2.63. The molecule has 3 aromatic rings. The van der Waals surface area contributed by atoms with Gasteiger partial charge in [-0.25, -0.2) is 0 Å². The second-order valence-electron chi connectivity index (χ2n) is 8.59. The highest BCUT2D eigenvalue weighted by Gasteiger charge is 2.31. The lowest BCUT2D eigenvalue weighted by atomic mass is 9.85. The van der Waals surface area contributed by atoms with E-state index in [2.05, 4.69) is 112 Å². The number of rotatable bonds is 7. The minimum atomic E-state index is -2.25. The zero-order valence-corrected chi connectivity index (χ0v) is 19.3. The molecule has 0 aliphatic rings. The van der Waals surface area contributed by atoms with Crippen LogP contribution in [0.2, 0.25) is 0 Å². The van der Waals surface area contributed by atoms with Crippen molar-refractivity contribution in [3.05, 3.63) is 103 Å². The summed E-state index contributed by atoms with van der Waals surface area (Å²) in [4.78, 5) is 13.8. The fraction of sp³-hybridized carbons (Fsp3) is 0.214. The van der Waals surface area contributed by atoms with Gasteiger partial charge in [0.2, 0.25) is 0 Å². The van der Waals surface area contributed by atoms with Crippen LogP contribution in [0, 0.1) is 5.41 Å². The molecule has 0 unspecified atom stereocenters. The summed E-state index contributed by atoms with van der Waals surface area (Å²) in [5.41, 5.74) is 0.784. The third-order valence-electron chi connectivity index (χ3n) is 5.49. The zero-order valence-electron chi connectivity index (χ0n) is 18.4. The van der Waals surface area contributed by atoms with E-state index in [0.29, 0.717) is 0 Å². The summed E-state index contributed by atoms with van der Waals surface area (Å²) in [5.74, 6) is 2.26. The summed E-state index contributed by atoms with van der Waals surface area (Å²) in [5, 5.41) is 3.61. The van der Waals surface area contributed by atoms with Crippen LogP contribution in [-0.2, 0) is 4.79 Å². The van der Waals surface area contributed by atoms with Crippen LogP contribution >= 0.6 is 6.89 Å². The Bertz CT molecular complexity index is 954. The fourth-order valence-electron chi connectivity index (χ4n) is 3.57. The van der Waals surface area contributed by atoms with Crippen molar-refractivity contribution in [1.82, 2.24) is 0 Å². The zero-order chi connectivity index (χ0) is 21.6. The molecule has 0 amide bonds. The molecule has 0 aliphatic carbocycles. The Morgan fingerprint density at radius 3 is 1.43 bits per heavy atom. The summed E-state index contributed by atoms with van der Waals surface area (Å²) in [6.45, 7) is 6.03. The second kappa shape index (κ2) is 9.45. The number of hydrogen-bond donors (Lipinski definition) is 0. The molecule has 3 aromatic carbocycles. The molecule has 1 nitrogen and oxygen atoms in total. The molecule has 0 saturated heterocycles. The van der Waals surface area contributed by atoms with Crippen molar-refractivity contribution in [2.24, 2.45) is 5.41 Å². The van der Waals surface area contributed by atoms with Gasteiger partial charge in [0.05, 0.1) is 0 Å². The number of carbonyl (C=O) groups excluding carboxylic acids is 1. The largest absolute Gasteiger partial charge is 0.294 e. The highest BCUT2D eigenvalue weighted by Crippen LogP contribution is 2.44. The molecule has 2 heteroatoms. The van der Waals surface area contributed by atoms with Gasteiger partial charge in [0.1, 0.15) is 0 Å². The molecule has 0 bridgehead atoms. The van der Waals surface area contributed by atoms with Gasteiger partial charge < -0.3 is 0 Å². The molecule has 0 radical (unpaired) electrons. The lowest BCUT2D eigenvalue weighted by Crippen LogP contribution is -2.32. The number of carbonyl (C=O) groups is 1. The summed E-state index contributed by atoms with van der Waals surface area (Å²) >= 11 is 0. The Kier molecular flexibility index (Phi) is 6.95. The van der Waals surface area contributed by atoms with Gasteiger partial charge in [0, 0.05) is 5.41 Å². The minimum Gasteiger partial charge on any atom is -0.294 e. The van der Waals surface area contributed by atoms with E-state index in [1.807, 2.05) is 18.2 Å². The number of ketones is 1. The summed E-state index contributed by atoms with van der Waals surface area (Å²) in [7, 11) is 0. The van der Waals surface area contributed by atoms with Crippen molar-refractivity contribution in [2.45, 2.75) is 34.1 Å². The van der Waals surface area contributed by atoms with Crippen LogP contribution in [0.25, 0.3) is 0 Å². The fourth-order valence-corrected chi connectivity index (χ4v) is 7.54. The third-order valence-corrected chi connectivity index (χ3v) is 9.45. The smallest absolute Gasteiger partial charge is 0.162 e. The molecule has 30 heavy (non-hydrogen) atoms. The molecule has 0 heterocycles. The monoisotopic (exact) mass is 414 g/mol. The maximum absolute atomic E-state index is 13.8. The van der Waals surface area contributed by atoms with Gasteiger partial charge in [-0.15, -0.1) is 0 Å². The van der Waals surface area contributed by atoms with Crippen molar-refractivity contribution in [2.75, 3.05) is 0 Å². The van der Waals surface area contributed by atoms with E-state index in [-0.39, 0.29) is 5.78 Å². The van der Waals surface area contributed by atoms with E-state index in [4.69, 9.17) is 0 Å². The van der Waals surface area contributed by atoms with Crippen molar-refractivity contribution < 1.29 is 4.79 Å². The molecular formula is C28H31OP. The predicted molar refractivity (Wildman–Crippen MR) is 134 cm³/mol. The third kappa shape index (κ3) is 4.74. The quantitative estimate of drug-likeness (QED) is 0.356. The Labute approximate surface area is 181 Å². The lowest BCUT2D eigenvalue weighted by molar-refractivity contribution is -0.119. The molecule has 0 aliphatic heterocycles. The molecular weight excluding hydrogens is 383 g/mol. The van der Waals surface area contributed by atoms with E-state index in [0.717, 1.165) is 6.42 Å². The molecule has 3 rings (SSSR count). The summed E-state index contributed by atoms with van der Waals surface area (Å²) in [6.07, 6.45) is 2.91. The van der Waals surface area contributed by atoms with Gasteiger partial charge in [0.25, 0.3) is 0 Å². The SMILES string of the molecule is CC(C)=CCC(C)(C)C(=O)C=P(c1ccccc1)(c1ccccc1)c1ccccc1. The number of Topliss-reactive ketones (excluding diaryl/α,β-unsaturated/α-hetero) is 1. The van der Waals surface area contributed by atoms with Crippen molar-refractivity contribution in [3.8, 4) is 0 Å². The van der Waals surface area contributed by atoms with Crippen molar-refractivity contribution in [3.63, 3.8) is 0 Å². The lowest BCUT2D eigenvalue weighted by Gasteiger charge is -2.30. The van der Waals surface area contributed by atoms with Gasteiger partial charge in [-0.1, -0.05) is 116 Å². The van der Waals surface area contributed by atoms with Gasteiger partial charge in [-0.2, -0.15) is 0 Å². The summed E-state index contributed by atoms with van der Waals surface area (Å²) < 4.78 is 0. The van der Waals surface area contributed by atoms with Gasteiger partial charge in [-0.3, -0.25) is 4.79 Å². The van der Waals surface area contributed by atoms with Gasteiger partial charge >= 0.3 is 0 Å². The molecule has 0 saturated carbocycles. The van der Waals surface area contributed by atoms with E-state index < -0.39 is 12.3 Å². The van der Waals surface area contributed by atoms with E-state index in [1.54, 1.807) is 0 Å². The van der Waals surface area contributed by atoms with Crippen LogP contribution in [0.3, 0.4) is 0 Å². The maximum Gasteiger partial charge on any atom is 0.162 e. The van der Waals surface area contributed by atoms with Crippen LogP contribution in [0.4, 0.5) is 0 Å². The van der Waals surface area contributed by atoms with Gasteiger partial charge in [0.15, 0.2) is 5.78 Å². The van der Waals surface area contributed by atoms with Crippen molar-refractivity contribution >= 4 is 34.4 Å². The average molecular weight is 415 g/mol. The molecule has 0 atom stereocenters. The number of hydrogen-bond acceptors (Lipinski definition) is 1. The predicted octanol–water partition coefficient (Wildman–Crippen LogP) is 5.73. The Balaban J connectivity index is 2.33. The first-order valence-electron chi connectivity index (χ1n) is 10.5. The summed E-state index contributed by atoms with van der Waals surface area (Å²) in [6, 6.07) is 31.5. The highest BCUT2D eigenvalue weighted by molar-refractivity contribution is 7.95. The standard InChI is InChI=1S/C28H31OP/c1-23(2)20-21-28(3,4)27(29)22-30(24-14-8-5-9-15-24,25-16-10-6-11-17-25)26-18-12-7-13-19-26/h5-20,22H,21H2,1-4H3. The van der Waals surface area contributed by atoms with Crippen LogP contribution in [0.5, 0.6) is 0 Å². The Morgan fingerprint density at radius 2 is 1.10 bits per heavy atom. The molecule has 0 aromatic heterocycles. The second-order valence-corrected chi connectivity index (χ2v) is 11.8. The minimum absolute atomic E-state index is 0.199. The van der Waals surface area contributed by atoms with Crippen molar-refractivity contribution in [1.29, 1.82) is 0 Å². The topological polar surface area (TPSA) is 17.1 Å². The van der Waals surface area contributed by atoms with Crippen LogP contribution in [-0.4, -0.2) is 11.6 Å². The molecule has 0 N–H and O–H groups in total. The van der Waals surface area contributed by atoms with E-state index >= 15 is 0 Å². The molecule has 0 fully saturated rings. The first-order chi connectivity index (χ1) is 14.4. The van der Waals surface area contributed by atoms with E-state index in [9.17, 15) is 4.79 Å². The van der Waals surface area contributed by atoms with Gasteiger partial charge in [-0.05, 0) is 48.9 Å². The normalized spacial score (nSPS) is 11.6. The number of allylic oxidation sites excluding steroid dienone is 2. The van der Waals surface area contributed by atoms with Crippen LogP contribution in [0.15, 0.2) is 103 Å².